The van der Waals surface area contributed by atoms with Gasteiger partial charge in [0.25, 0.3) is 5.56 Å². The Morgan fingerprint density at radius 3 is 2.59 bits per heavy atom. The zero-order valence-electron chi connectivity index (χ0n) is 15.2. The molecule has 0 unspecified atom stereocenters. The number of aromatic nitrogens is 2. The lowest BCUT2D eigenvalue weighted by molar-refractivity contribution is -0.121. The fourth-order valence-corrected chi connectivity index (χ4v) is 3.19. The molecule has 3 rings (SSSR count). The van der Waals surface area contributed by atoms with Crippen LogP contribution in [0.4, 0.5) is 0 Å². The Morgan fingerprint density at radius 2 is 1.85 bits per heavy atom. The second-order valence-corrected chi connectivity index (χ2v) is 6.67. The summed E-state index contributed by atoms with van der Waals surface area (Å²) in [6.45, 7) is 2.06. The summed E-state index contributed by atoms with van der Waals surface area (Å²) in [7, 11) is 0. The van der Waals surface area contributed by atoms with Gasteiger partial charge in [0.2, 0.25) is 5.91 Å². The van der Waals surface area contributed by atoms with E-state index in [1.54, 1.807) is 19.1 Å². The van der Waals surface area contributed by atoms with Crippen LogP contribution in [0.15, 0.2) is 65.6 Å². The zero-order chi connectivity index (χ0) is 19.2. The van der Waals surface area contributed by atoms with Gasteiger partial charge in [-0.25, -0.2) is 4.98 Å². The van der Waals surface area contributed by atoms with Crippen molar-refractivity contribution in [3.05, 3.63) is 76.7 Å². The molecule has 0 spiro atoms. The fourth-order valence-electron chi connectivity index (χ4n) is 3.19. The molecule has 1 heterocycles. The van der Waals surface area contributed by atoms with Crippen molar-refractivity contribution in [3.8, 4) is 0 Å². The third-order valence-electron chi connectivity index (χ3n) is 4.50. The number of rotatable bonds is 7. The molecule has 0 aliphatic heterocycles. The Balaban J connectivity index is 1.72. The lowest BCUT2D eigenvalue weighted by atomic mass is 9.93. The molecule has 1 amide bonds. The van der Waals surface area contributed by atoms with Gasteiger partial charge in [0.15, 0.2) is 0 Å². The molecule has 2 atom stereocenters. The summed E-state index contributed by atoms with van der Waals surface area (Å²) in [6.07, 6.45) is 1.30. The van der Waals surface area contributed by atoms with E-state index in [-0.39, 0.29) is 23.9 Å². The molecule has 0 aliphatic carbocycles. The summed E-state index contributed by atoms with van der Waals surface area (Å²) in [5.41, 5.74) is 2.04. The van der Waals surface area contributed by atoms with Gasteiger partial charge < -0.3 is 10.4 Å². The van der Waals surface area contributed by atoms with Gasteiger partial charge in [-0.05, 0) is 31.0 Å². The van der Waals surface area contributed by atoms with Gasteiger partial charge in [0.05, 0.1) is 23.3 Å². The standard InChI is InChI=1S/C21H23N3O3/c1-15(25)11-17(16-7-3-2-4-8-16)12-23-20(26)14-24-19-10-6-5-9-18(19)22-13-21(24)27/h2-10,13,15,17,25H,11-12,14H2,1H3,(H,23,26)/t15-,17+/m0/s1. The zero-order valence-corrected chi connectivity index (χ0v) is 15.2. The van der Waals surface area contributed by atoms with Crippen molar-refractivity contribution in [1.29, 1.82) is 0 Å². The van der Waals surface area contributed by atoms with E-state index in [1.807, 2.05) is 42.5 Å². The molecule has 2 aromatic carbocycles. The highest BCUT2D eigenvalue weighted by molar-refractivity contribution is 5.79. The van der Waals surface area contributed by atoms with Gasteiger partial charge in [-0.15, -0.1) is 0 Å². The second-order valence-electron chi connectivity index (χ2n) is 6.67. The predicted octanol–water partition coefficient (Wildman–Crippen LogP) is 2.07. The van der Waals surface area contributed by atoms with Crippen molar-refractivity contribution in [2.45, 2.75) is 31.9 Å². The van der Waals surface area contributed by atoms with E-state index in [1.165, 1.54) is 10.8 Å². The third-order valence-corrected chi connectivity index (χ3v) is 4.50. The van der Waals surface area contributed by atoms with Gasteiger partial charge >= 0.3 is 0 Å². The lowest BCUT2D eigenvalue weighted by Crippen LogP contribution is -2.35. The summed E-state index contributed by atoms with van der Waals surface area (Å²) >= 11 is 0. The molecular weight excluding hydrogens is 342 g/mol. The maximum Gasteiger partial charge on any atom is 0.269 e. The Kier molecular flexibility index (Phi) is 5.98. The number of nitrogens with one attached hydrogen (secondary N) is 1. The number of amides is 1. The van der Waals surface area contributed by atoms with Gasteiger partial charge in [0.1, 0.15) is 6.54 Å². The van der Waals surface area contributed by atoms with E-state index in [4.69, 9.17) is 0 Å². The van der Waals surface area contributed by atoms with E-state index < -0.39 is 6.10 Å². The van der Waals surface area contributed by atoms with Crippen molar-refractivity contribution in [2.75, 3.05) is 6.54 Å². The molecule has 27 heavy (non-hydrogen) atoms. The minimum atomic E-state index is -0.473. The summed E-state index contributed by atoms with van der Waals surface area (Å²) in [5, 5.41) is 12.7. The summed E-state index contributed by atoms with van der Waals surface area (Å²) in [6, 6.07) is 17.0. The van der Waals surface area contributed by atoms with Crippen LogP contribution in [0.1, 0.15) is 24.8 Å². The van der Waals surface area contributed by atoms with Crippen LogP contribution in [0.25, 0.3) is 11.0 Å². The lowest BCUT2D eigenvalue weighted by Gasteiger charge is -2.20. The molecule has 0 radical (unpaired) electrons. The van der Waals surface area contributed by atoms with Crippen molar-refractivity contribution in [3.63, 3.8) is 0 Å². The van der Waals surface area contributed by atoms with Crippen LogP contribution in [0.5, 0.6) is 0 Å². The molecule has 3 aromatic rings. The average Bonchev–Trinajstić information content (AvgIpc) is 2.68. The van der Waals surface area contributed by atoms with Crippen LogP contribution < -0.4 is 10.9 Å². The fraction of sp³-hybridized carbons (Fsp3) is 0.286. The van der Waals surface area contributed by atoms with Crippen LogP contribution >= 0.6 is 0 Å². The highest BCUT2D eigenvalue weighted by Gasteiger charge is 2.16. The number of aliphatic hydroxyl groups is 1. The number of carbonyl (C=O) groups excluding carboxylic acids is 1. The first kappa shape index (κ1) is 18.8. The maximum absolute atomic E-state index is 12.5. The van der Waals surface area contributed by atoms with Crippen molar-refractivity contribution in [2.24, 2.45) is 0 Å². The van der Waals surface area contributed by atoms with Gasteiger partial charge in [-0.3, -0.25) is 14.2 Å². The first-order valence-corrected chi connectivity index (χ1v) is 8.99. The monoisotopic (exact) mass is 365 g/mol. The molecule has 6 heteroatoms. The van der Waals surface area contributed by atoms with Crippen LogP contribution in [0.3, 0.4) is 0 Å². The summed E-state index contributed by atoms with van der Waals surface area (Å²) < 4.78 is 1.42. The minimum absolute atomic E-state index is 0.000978. The van der Waals surface area contributed by atoms with Crippen LogP contribution in [0.2, 0.25) is 0 Å². The summed E-state index contributed by atoms with van der Waals surface area (Å²) in [5.74, 6) is -0.249. The van der Waals surface area contributed by atoms with E-state index in [0.717, 1.165) is 5.56 Å². The Labute approximate surface area is 157 Å². The molecule has 0 bridgehead atoms. The number of para-hydroxylation sites is 2. The van der Waals surface area contributed by atoms with E-state index >= 15 is 0 Å². The average molecular weight is 365 g/mol. The molecule has 6 nitrogen and oxygen atoms in total. The van der Waals surface area contributed by atoms with Gasteiger partial charge in [-0.2, -0.15) is 0 Å². The predicted molar refractivity (Wildman–Crippen MR) is 104 cm³/mol. The molecule has 1 aromatic heterocycles. The Hall–Kier alpha value is -2.99. The van der Waals surface area contributed by atoms with Crippen LogP contribution in [-0.4, -0.2) is 33.2 Å². The first-order chi connectivity index (χ1) is 13.0. The number of hydrogen-bond donors (Lipinski definition) is 2. The first-order valence-electron chi connectivity index (χ1n) is 8.99. The number of carbonyl (C=O) groups is 1. The van der Waals surface area contributed by atoms with Crippen molar-refractivity contribution in [1.82, 2.24) is 14.9 Å². The molecule has 0 fully saturated rings. The van der Waals surface area contributed by atoms with E-state index in [9.17, 15) is 14.7 Å². The Bertz CT molecular complexity index is 967. The second kappa shape index (κ2) is 8.60. The highest BCUT2D eigenvalue weighted by Crippen LogP contribution is 2.20. The molecular formula is C21H23N3O3. The number of benzene rings is 2. The quantitative estimate of drug-likeness (QED) is 0.671. The third kappa shape index (κ3) is 4.80. The van der Waals surface area contributed by atoms with E-state index in [0.29, 0.717) is 24.0 Å². The summed E-state index contributed by atoms with van der Waals surface area (Å²) in [4.78, 5) is 28.7. The number of aliphatic hydroxyl groups excluding tert-OH is 1. The van der Waals surface area contributed by atoms with Crippen LogP contribution in [-0.2, 0) is 11.3 Å². The maximum atomic E-state index is 12.5. The Morgan fingerprint density at radius 1 is 1.15 bits per heavy atom. The normalized spacial score (nSPS) is 13.3. The molecule has 2 N–H and O–H groups in total. The number of fused-ring (bicyclic) bond motifs is 1. The SMILES string of the molecule is C[C@H](O)C[C@H](CNC(=O)Cn1c(=O)cnc2ccccc21)c1ccccc1. The van der Waals surface area contributed by atoms with Crippen LogP contribution in [0, 0.1) is 0 Å². The molecule has 0 saturated heterocycles. The minimum Gasteiger partial charge on any atom is -0.393 e. The molecule has 0 aliphatic rings. The van der Waals surface area contributed by atoms with Crippen molar-refractivity contribution >= 4 is 16.9 Å². The number of nitrogens with zero attached hydrogens (tertiary/aromatic N) is 2. The molecule has 0 saturated carbocycles. The number of hydrogen-bond acceptors (Lipinski definition) is 4. The molecule has 140 valence electrons. The van der Waals surface area contributed by atoms with E-state index in [2.05, 4.69) is 10.3 Å². The largest absolute Gasteiger partial charge is 0.393 e. The van der Waals surface area contributed by atoms with Crippen molar-refractivity contribution < 1.29 is 9.90 Å². The van der Waals surface area contributed by atoms with Gasteiger partial charge in [-0.1, -0.05) is 42.5 Å². The topological polar surface area (TPSA) is 84.2 Å². The smallest absolute Gasteiger partial charge is 0.269 e. The highest BCUT2D eigenvalue weighted by atomic mass is 16.3. The van der Waals surface area contributed by atoms with Gasteiger partial charge in [0, 0.05) is 12.5 Å².